The normalized spacial score (nSPS) is 14.4. The van der Waals surface area contributed by atoms with Gasteiger partial charge in [0.25, 0.3) is 0 Å². The molecule has 0 aliphatic heterocycles. The number of carbonyl (C=O) groups excluding carboxylic acids is 1. The fraction of sp³-hybridized carbons (Fsp3) is 0.300. The van der Waals surface area contributed by atoms with Gasteiger partial charge in [-0.25, -0.2) is 0 Å². The van der Waals surface area contributed by atoms with Gasteiger partial charge >= 0.3 is 0 Å². The molecule has 2 nitrogen and oxygen atoms in total. The molecule has 0 atom stereocenters. The van der Waals surface area contributed by atoms with Crippen LogP contribution in [0.25, 0.3) is 6.08 Å². The first-order chi connectivity index (χ1) is 5.83. The lowest BCUT2D eigenvalue weighted by molar-refractivity contribution is 0.112. The molecule has 0 aromatic carbocycles. The predicted molar refractivity (Wildman–Crippen MR) is 48.2 cm³/mol. The molecule has 2 heteroatoms. The van der Waals surface area contributed by atoms with Crippen LogP contribution in [-0.2, 0) is 13.5 Å². The molecule has 0 unspecified atom stereocenters. The third kappa shape index (κ3) is 0.916. The number of aryl methyl sites for hydroxylation is 1. The Bertz CT molecular complexity index is 347. The Kier molecular flexibility index (Phi) is 1.61. The highest BCUT2D eigenvalue weighted by Gasteiger charge is 2.12. The molecule has 1 aromatic rings. The van der Waals surface area contributed by atoms with Gasteiger partial charge in [-0.1, -0.05) is 12.2 Å². The maximum atomic E-state index is 10.6. The molecule has 1 aliphatic carbocycles. The Hall–Kier alpha value is -1.31. The molecule has 1 aromatic heterocycles. The van der Waals surface area contributed by atoms with Crippen LogP contribution >= 0.6 is 0 Å². The minimum absolute atomic E-state index is 0.809. The van der Waals surface area contributed by atoms with E-state index >= 15 is 0 Å². The summed E-state index contributed by atoms with van der Waals surface area (Å²) in [5.41, 5.74) is 3.20. The number of fused-ring (bicyclic) bond motifs is 1. The van der Waals surface area contributed by atoms with Gasteiger partial charge in [0.05, 0.1) is 0 Å². The lowest BCUT2D eigenvalue weighted by Gasteiger charge is -2.07. The van der Waals surface area contributed by atoms with Gasteiger partial charge in [-0.15, -0.1) is 0 Å². The molecule has 2 rings (SSSR count). The predicted octanol–water partition coefficient (Wildman–Crippen LogP) is 1.80. The lowest BCUT2D eigenvalue weighted by Crippen LogP contribution is -1.98. The summed E-state index contributed by atoms with van der Waals surface area (Å²) in [7, 11) is 1.99. The SMILES string of the molecule is Cn1cc(C=O)c2c1CCC=C2. The highest BCUT2D eigenvalue weighted by atomic mass is 16.1. The number of nitrogens with zero attached hydrogens (tertiary/aromatic N) is 1. The molecule has 12 heavy (non-hydrogen) atoms. The number of allylic oxidation sites excluding steroid dienone is 1. The van der Waals surface area contributed by atoms with Crippen molar-refractivity contribution in [3.05, 3.63) is 29.1 Å². The molecule has 0 radical (unpaired) electrons. The van der Waals surface area contributed by atoms with Crippen LogP contribution in [0.4, 0.5) is 0 Å². The maximum absolute atomic E-state index is 10.6. The van der Waals surface area contributed by atoms with Crippen molar-refractivity contribution in [1.82, 2.24) is 4.57 Å². The van der Waals surface area contributed by atoms with Crippen molar-refractivity contribution in [3.63, 3.8) is 0 Å². The Balaban J connectivity index is 2.63. The second kappa shape index (κ2) is 2.63. The number of aldehydes is 1. The van der Waals surface area contributed by atoms with E-state index in [0.717, 1.165) is 30.3 Å². The van der Waals surface area contributed by atoms with Crippen LogP contribution in [0.5, 0.6) is 0 Å². The third-order valence-electron chi connectivity index (χ3n) is 2.34. The van der Waals surface area contributed by atoms with Crippen LogP contribution in [0.15, 0.2) is 12.3 Å². The second-order valence-corrected chi connectivity index (χ2v) is 3.11. The molecule has 0 spiro atoms. The lowest BCUT2D eigenvalue weighted by atomic mass is 10.0. The minimum Gasteiger partial charge on any atom is -0.353 e. The molecular weight excluding hydrogens is 150 g/mol. The van der Waals surface area contributed by atoms with Crippen molar-refractivity contribution in [2.75, 3.05) is 0 Å². The first kappa shape index (κ1) is 7.35. The summed E-state index contributed by atoms with van der Waals surface area (Å²) in [6.07, 6.45) is 9.12. The quantitative estimate of drug-likeness (QED) is 0.575. The van der Waals surface area contributed by atoms with Crippen LogP contribution in [-0.4, -0.2) is 10.9 Å². The van der Waals surface area contributed by atoms with Gasteiger partial charge in [-0.2, -0.15) is 0 Å². The second-order valence-electron chi connectivity index (χ2n) is 3.11. The summed E-state index contributed by atoms with van der Waals surface area (Å²) in [5, 5.41) is 0. The van der Waals surface area contributed by atoms with Crippen molar-refractivity contribution in [2.45, 2.75) is 12.8 Å². The molecule has 0 N–H and O–H groups in total. The number of hydrogen-bond donors (Lipinski definition) is 0. The first-order valence-corrected chi connectivity index (χ1v) is 4.13. The van der Waals surface area contributed by atoms with Gasteiger partial charge in [0.15, 0.2) is 6.29 Å². The number of carbonyl (C=O) groups is 1. The zero-order valence-corrected chi connectivity index (χ0v) is 7.08. The molecule has 0 bridgehead atoms. The van der Waals surface area contributed by atoms with E-state index in [9.17, 15) is 4.79 Å². The summed E-state index contributed by atoms with van der Waals surface area (Å²) in [6, 6.07) is 0. The summed E-state index contributed by atoms with van der Waals surface area (Å²) in [6.45, 7) is 0. The Morgan fingerprint density at radius 2 is 2.42 bits per heavy atom. The van der Waals surface area contributed by atoms with E-state index in [1.807, 2.05) is 23.9 Å². The number of aromatic nitrogens is 1. The van der Waals surface area contributed by atoms with Crippen molar-refractivity contribution in [1.29, 1.82) is 0 Å². The van der Waals surface area contributed by atoms with E-state index in [-0.39, 0.29) is 0 Å². The van der Waals surface area contributed by atoms with Crippen molar-refractivity contribution >= 4 is 12.4 Å². The summed E-state index contributed by atoms with van der Waals surface area (Å²) < 4.78 is 2.04. The van der Waals surface area contributed by atoms with Crippen molar-refractivity contribution in [3.8, 4) is 0 Å². The summed E-state index contributed by atoms with van der Waals surface area (Å²) in [4.78, 5) is 10.6. The fourth-order valence-electron chi connectivity index (χ4n) is 1.73. The van der Waals surface area contributed by atoms with Gasteiger partial charge < -0.3 is 4.57 Å². The molecule has 0 amide bonds. The monoisotopic (exact) mass is 161 g/mol. The van der Waals surface area contributed by atoms with Crippen LogP contribution in [0.2, 0.25) is 0 Å². The van der Waals surface area contributed by atoms with Gasteiger partial charge in [-0.05, 0) is 12.8 Å². The zero-order chi connectivity index (χ0) is 8.55. The van der Waals surface area contributed by atoms with E-state index in [2.05, 4.69) is 6.08 Å². The van der Waals surface area contributed by atoms with E-state index < -0.39 is 0 Å². The molecular formula is C10H11NO. The largest absolute Gasteiger partial charge is 0.353 e. The van der Waals surface area contributed by atoms with Gasteiger partial charge in [0.1, 0.15) is 0 Å². The van der Waals surface area contributed by atoms with E-state index in [4.69, 9.17) is 0 Å². The maximum Gasteiger partial charge on any atom is 0.152 e. The van der Waals surface area contributed by atoms with Crippen LogP contribution in [0, 0.1) is 0 Å². The van der Waals surface area contributed by atoms with E-state index in [0.29, 0.717) is 0 Å². The molecule has 0 fully saturated rings. The Labute approximate surface area is 71.5 Å². The van der Waals surface area contributed by atoms with Crippen LogP contribution in [0.3, 0.4) is 0 Å². The summed E-state index contributed by atoms with van der Waals surface area (Å²) in [5.74, 6) is 0. The third-order valence-corrected chi connectivity index (χ3v) is 2.34. The topological polar surface area (TPSA) is 22.0 Å². The fourth-order valence-corrected chi connectivity index (χ4v) is 1.73. The Morgan fingerprint density at radius 3 is 3.17 bits per heavy atom. The van der Waals surface area contributed by atoms with Crippen LogP contribution in [0.1, 0.15) is 28.0 Å². The van der Waals surface area contributed by atoms with E-state index in [1.54, 1.807) is 0 Å². The minimum atomic E-state index is 0.809. The smallest absolute Gasteiger partial charge is 0.152 e. The molecule has 0 saturated heterocycles. The van der Waals surface area contributed by atoms with Crippen molar-refractivity contribution in [2.24, 2.45) is 7.05 Å². The average molecular weight is 161 g/mol. The molecule has 1 heterocycles. The molecule has 62 valence electrons. The van der Waals surface area contributed by atoms with Crippen LogP contribution < -0.4 is 0 Å². The number of hydrogen-bond acceptors (Lipinski definition) is 1. The highest BCUT2D eigenvalue weighted by molar-refractivity contribution is 5.83. The van der Waals surface area contributed by atoms with E-state index in [1.165, 1.54) is 5.69 Å². The first-order valence-electron chi connectivity index (χ1n) is 4.13. The molecule has 0 saturated carbocycles. The highest BCUT2D eigenvalue weighted by Crippen LogP contribution is 2.22. The van der Waals surface area contributed by atoms with Gasteiger partial charge in [-0.3, -0.25) is 4.79 Å². The Morgan fingerprint density at radius 1 is 1.58 bits per heavy atom. The average Bonchev–Trinajstić information content (AvgIpc) is 2.44. The molecule has 1 aliphatic rings. The van der Waals surface area contributed by atoms with Gasteiger partial charge in [0.2, 0.25) is 0 Å². The number of rotatable bonds is 1. The zero-order valence-electron chi connectivity index (χ0n) is 7.08. The van der Waals surface area contributed by atoms with Crippen molar-refractivity contribution < 1.29 is 4.79 Å². The summed E-state index contributed by atoms with van der Waals surface area (Å²) >= 11 is 0. The standard InChI is InChI=1S/C10H11NO/c1-11-6-8(7-12)9-4-2-3-5-10(9)11/h2,4,6-7H,3,5H2,1H3. The van der Waals surface area contributed by atoms with Gasteiger partial charge in [0, 0.05) is 30.1 Å².